The maximum atomic E-state index is 11.7. The van der Waals surface area contributed by atoms with Crippen molar-refractivity contribution in [2.45, 2.75) is 25.3 Å². The van der Waals surface area contributed by atoms with Crippen LogP contribution in [-0.2, 0) is 4.79 Å². The normalized spacial score (nSPS) is 16.2. The van der Waals surface area contributed by atoms with Gasteiger partial charge in [0.2, 0.25) is 0 Å². The molecular weight excluding hydrogens is 222 g/mol. The lowest BCUT2D eigenvalue weighted by Gasteiger charge is -2.13. The molecule has 0 aliphatic heterocycles. The van der Waals surface area contributed by atoms with E-state index < -0.39 is 17.9 Å². The maximum Gasteiger partial charge on any atom is 0.326 e. The zero-order chi connectivity index (χ0) is 12.3. The third kappa shape index (κ3) is 3.24. The molecule has 2 rings (SSSR count). The van der Waals surface area contributed by atoms with Crippen molar-refractivity contribution in [1.82, 2.24) is 15.3 Å². The van der Waals surface area contributed by atoms with E-state index in [0.717, 1.165) is 12.8 Å². The van der Waals surface area contributed by atoms with E-state index in [0.29, 0.717) is 12.3 Å². The lowest BCUT2D eigenvalue weighted by Crippen LogP contribution is -2.41. The number of nitrogens with one attached hydrogen (secondary N) is 1. The molecule has 1 aromatic heterocycles. The summed E-state index contributed by atoms with van der Waals surface area (Å²) in [5.74, 6) is -1.01. The first-order chi connectivity index (χ1) is 8.16. The molecule has 1 unspecified atom stereocenters. The first kappa shape index (κ1) is 11.5. The number of carboxylic acid groups (broad SMARTS) is 1. The fraction of sp³-hybridized carbons (Fsp3) is 0.455. The van der Waals surface area contributed by atoms with Crippen molar-refractivity contribution in [3.8, 4) is 0 Å². The Bertz CT molecular complexity index is 417. The van der Waals surface area contributed by atoms with Crippen LogP contribution in [0.5, 0.6) is 0 Å². The molecule has 0 radical (unpaired) electrons. The standard InChI is InChI=1S/C11H13N3O3/c15-10(8-4-12-6-13-5-8)14-9(11(16)17)3-7-1-2-7/h4-7,9H,1-3H2,(H,14,15)(H,16,17). The van der Waals surface area contributed by atoms with E-state index in [1.165, 1.54) is 18.7 Å². The predicted octanol–water partition coefficient (Wildman–Crippen LogP) is 0.460. The first-order valence-electron chi connectivity index (χ1n) is 5.45. The van der Waals surface area contributed by atoms with Crippen LogP contribution >= 0.6 is 0 Å². The molecule has 1 saturated carbocycles. The monoisotopic (exact) mass is 235 g/mol. The third-order valence-corrected chi connectivity index (χ3v) is 2.69. The van der Waals surface area contributed by atoms with Gasteiger partial charge in [-0.3, -0.25) is 4.79 Å². The van der Waals surface area contributed by atoms with Crippen LogP contribution < -0.4 is 5.32 Å². The number of carbonyl (C=O) groups excluding carboxylic acids is 1. The lowest BCUT2D eigenvalue weighted by atomic mass is 10.1. The van der Waals surface area contributed by atoms with E-state index >= 15 is 0 Å². The molecule has 0 spiro atoms. The minimum absolute atomic E-state index is 0.273. The molecule has 0 bridgehead atoms. The third-order valence-electron chi connectivity index (χ3n) is 2.69. The van der Waals surface area contributed by atoms with Crippen molar-refractivity contribution in [1.29, 1.82) is 0 Å². The van der Waals surface area contributed by atoms with E-state index in [9.17, 15) is 9.59 Å². The summed E-state index contributed by atoms with van der Waals surface area (Å²) in [5, 5.41) is 11.5. The topological polar surface area (TPSA) is 92.2 Å². The smallest absolute Gasteiger partial charge is 0.326 e. The summed E-state index contributed by atoms with van der Waals surface area (Å²) in [5.41, 5.74) is 0.273. The highest BCUT2D eigenvalue weighted by atomic mass is 16.4. The number of hydrogen-bond donors (Lipinski definition) is 2. The quantitative estimate of drug-likeness (QED) is 0.773. The van der Waals surface area contributed by atoms with Crippen molar-refractivity contribution in [3.63, 3.8) is 0 Å². The van der Waals surface area contributed by atoms with Gasteiger partial charge in [0.15, 0.2) is 0 Å². The molecule has 1 atom stereocenters. The Labute approximate surface area is 98.1 Å². The Morgan fingerprint density at radius 3 is 2.59 bits per heavy atom. The molecule has 17 heavy (non-hydrogen) atoms. The molecule has 90 valence electrons. The van der Waals surface area contributed by atoms with Gasteiger partial charge < -0.3 is 10.4 Å². The van der Waals surface area contributed by atoms with Crippen LogP contribution in [0, 0.1) is 5.92 Å². The van der Waals surface area contributed by atoms with E-state index in [4.69, 9.17) is 5.11 Å². The SMILES string of the molecule is O=C(NC(CC1CC1)C(=O)O)c1cncnc1. The van der Waals surface area contributed by atoms with Gasteiger partial charge >= 0.3 is 5.97 Å². The zero-order valence-electron chi connectivity index (χ0n) is 9.17. The summed E-state index contributed by atoms with van der Waals surface area (Å²) in [7, 11) is 0. The number of carbonyl (C=O) groups is 2. The van der Waals surface area contributed by atoms with Gasteiger partial charge in [-0.1, -0.05) is 12.8 Å². The number of rotatable bonds is 5. The molecule has 2 N–H and O–H groups in total. The van der Waals surface area contributed by atoms with Crippen LogP contribution in [0.2, 0.25) is 0 Å². The first-order valence-corrected chi connectivity index (χ1v) is 5.45. The van der Waals surface area contributed by atoms with Gasteiger partial charge in [0.05, 0.1) is 5.56 Å². The number of nitrogens with zero attached hydrogens (tertiary/aromatic N) is 2. The minimum Gasteiger partial charge on any atom is -0.480 e. The Morgan fingerprint density at radius 2 is 2.06 bits per heavy atom. The second kappa shape index (κ2) is 4.90. The molecule has 1 amide bonds. The average Bonchev–Trinajstić information content (AvgIpc) is 3.13. The number of amides is 1. The van der Waals surface area contributed by atoms with Gasteiger partial charge in [0.25, 0.3) is 5.91 Å². The number of carboxylic acids is 1. The highest BCUT2D eigenvalue weighted by Crippen LogP contribution is 2.33. The molecule has 1 aliphatic carbocycles. The highest BCUT2D eigenvalue weighted by Gasteiger charge is 2.30. The van der Waals surface area contributed by atoms with E-state index in [2.05, 4.69) is 15.3 Å². The minimum atomic E-state index is -0.998. The summed E-state index contributed by atoms with van der Waals surface area (Å²) >= 11 is 0. The Balaban J connectivity index is 1.97. The van der Waals surface area contributed by atoms with E-state index in [1.807, 2.05) is 0 Å². The number of aromatic nitrogens is 2. The maximum absolute atomic E-state index is 11.7. The van der Waals surface area contributed by atoms with Gasteiger partial charge in [-0.15, -0.1) is 0 Å². The van der Waals surface area contributed by atoms with Crippen LogP contribution in [0.4, 0.5) is 0 Å². The molecule has 0 aromatic carbocycles. The molecule has 1 fully saturated rings. The van der Waals surface area contributed by atoms with Crippen LogP contribution in [0.25, 0.3) is 0 Å². The molecule has 1 aliphatic rings. The van der Waals surface area contributed by atoms with Crippen molar-refractivity contribution >= 4 is 11.9 Å². The van der Waals surface area contributed by atoms with Crippen LogP contribution in [-0.4, -0.2) is 33.0 Å². The molecular formula is C11H13N3O3. The van der Waals surface area contributed by atoms with Crippen LogP contribution in [0.3, 0.4) is 0 Å². The molecule has 6 nitrogen and oxygen atoms in total. The average molecular weight is 235 g/mol. The molecule has 6 heteroatoms. The summed E-state index contributed by atoms with van der Waals surface area (Å²) < 4.78 is 0. The number of aliphatic carboxylic acids is 1. The Hall–Kier alpha value is -1.98. The van der Waals surface area contributed by atoms with Crippen molar-refractivity contribution in [2.75, 3.05) is 0 Å². The van der Waals surface area contributed by atoms with Crippen LogP contribution in [0.1, 0.15) is 29.6 Å². The molecule has 1 aromatic rings. The Morgan fingerprint density at radius 1 is 1.41 bits per heavy atom. The summed E-state index contributed by atoms with van der Waals surface area (Å²) in [6.07, 6.45) is 6.63. The number of hydrogen-bond acceptors (Lipinski definition) is 4. The summed E-state index contributed by atoms with van der Waals surface area (Å²) in [4.78, 5) is 30.1. The highest BCUT2D eigenvalue weighted by molar-refractivity contribution is 5.96. The van der Waals surface area contributed by atoms with E-state index in [1.54, 1.807) is 0 Å². The van der Waals surface area contributed by atoms with E-state index in [-0.39, 0.29) is 5.56 Å². The summed E-state index contributed by atoms with van der Waals surface area (Å²) in [6, 6.07) is -0.824. The largest absolute Gasteiger partial charge is 0.480 e. The van der Waals surface area contributed by atoms with Gasteiger partial charge in [0, 0.05) is 12.4 Å². The Kier molecular flexibility index (Phi) is 3.32. The van der Waals surface area contributed by atoms with Gasteiger partial charge in [0.1, 0.15) is 12.4 Å². The fourth-order valence-electron chi connectivity index (χ4n) is 1.57. The van der Waals surface area contributed by atoms with Crippen LogP contribution in [0.15, 0.2) is 18.7 Å². The van der Waals surface area contributed by atoms with Crippen molar-refractivity contribution in [3.05, 3.63) is 24.3 Å². The van der Waals surface area contributed by atoms with Crippen molar-refractivity contribution in [2.24, 2.45) is 5.92 Å². The predicted molar refractivity (Wildman–Crippen MR) is 58.3 cm³/mol. The van der Waals surface area contributed by atoms with Gasteiger partial charge in [-0.05, 0) is 12.3 Å². The molecule has 0 saturated heterocycles. The second-order valence-corrected chi connectivity index (χ2v) is 4.17. The summed E-state index contributed by atoms with van der Waals surface area (Å²) in [6.45, 7) is 0. The lowest BCUT2D eigenvalue weighted by molar-refractivity contribution is -0.139. The fourth-order valence-corrected chi connectivity index (χ4v) is 1.57. The van der Waals surface area contributed by atoms with Gasteiger partial charge in [-0.2, -0.15) is 0 Å². The van der Waals surface area contributed by atoms with Gasteiger partial charge in [-0.25, -0.2) is 14.8 Å². The van der Waals surface area contributed by atoms with Crippen molar-refractivity contribution < 1.29 is 14.7 Å². The molecule has 1 heterocycles. The zero-order valence-corrected chi connectivity index (χ0v) is 9.17. The second-order valence-electron chi connectivity index (χ2n) is 4.17.